The summed E-state index contributed by atoms with van der Waals surface area (Å²) in [6.45, 7) is 16.0. The van der Waals surface area contributed by atoms with Crippen molar-refractivity contribution in [3.8, 4) is 11.1 Å². The Balaban J connectivity index is 1.47. The van der Waals surface area contributed by atoms with E-state index in [2.05, 4.69) is 59.8 Å². The molecule has 54 heavy (non-hydrogen) atoms. The molecule has 0 amide bonds. The van der Waals surface area contributed by atoms with Crippen LogP contribution in [0.15, 0.2) is 54.6 Å². The highest BCUT2D eigenvalue weighted by Crippen LogP contribution is 2.44. The van der Waals surface area contributed by atoms with Gasteiger partial charge in [-0.3, -0.25) is 0 Å². The third-order valence-corrected chi connectivity index (χ3v) is 17.0. The first-order valence-electron chi connectivity index (χ1n) is 21.3. The van der Waals surface area contributed by atoms with Crippen molar-refractivity contribution >= 4 is 20.3 Å². The predicted molar refractivity (Wildman–Crippen MR) is 221 cm³/mol. The molecule has 0 spiro atoms. The van der Waals surface area contributed by atoms with Crippen molar-refractivity contribution in [2.24, 2.45) is 17.8 Å². The molecule has 1 saturated carbocycles. The topological polar surface area (TPSA) is 91.3 Å². The number of rotatable bonds is 22. The summed E-state index contributed by atoms with van der Waals surface area (Å²) in [5, 5.41) is 9.97. The van der Waals surface area contributed by atoms with Crippen molar-refractivity contribution in [3.05, 3.63) is 60.2 Å². The number of benzene rings is 2. The highest BCUT2D eigenvalue weighted by molar-refractivity contribution is 6.74. The highest BCUT2D eigenvalue weighted by atomic mass is 28.4. The molecule has 1 saturated heterocycles. The van der Waals surface area contributed by atoms with Gasteiger partial charge in [-0.05, 0) is 91.8 Å². The van der Waals surface area contributed by atoms with E-state index in [0.717, 1.165) is 75.5 Å². The van der Waals surface area contributed by atoms with Crippen molar-refractivity contribution < 1.29 is 33.3 Å². The Morgan fingerprint density at radius 3 is 2.13 bits per heavy atom. The zero-order chi connectivity index (χ0) is 39.1. The minimum Gasteiger partial charge on any atom is -0.479 e. The van der Waals surface area contributed by atoms with Gasteiger partial charge >= 0.3 is 11.9 Å². The molecule has 0 aromatic heterocycles. The molecule has 2 aromatic carbocycles. The predicted octanol–water partition coefficient (Wildman–Crippen LogP) is 12.2. The molecule has 7 atom stereocenters. The van der Waals surface area contributed by atoms with Crippen LogP contribution in [0.1, 0.15) is 148 Å². The van der Waals surface area contributed by atoms with Crippen LogP contribution in [0, 0.1) is 17.8 Å². The van der Waals surface area contributed by atoms with Crippen molar-refractivity contribution in [1.82, 2.24) is 0 Å². The van der Waals surface area contributed by atoms with Gasteiger partial charge in [-0.1, -0.05) is 135 Å². The standard InChI is InChI=1S/C46H72O7Si/c1-8-9-12-20-34(2)21-19-25-39-38(24-15-11-16-26-40(44(47)48)53-54(6,7)46(3,4)5)42(33-41(39)51-43-27-17-18-32-50-43)52-45(49)37-30-28-36(29-31-37)35-22-13-10-14-23-35/h10,13-14,22-23,28-31,34,38-43H,8-9,11-12,15-21,24-27,32-33H2,1-7H3,(H,47,48)/t34?,38-,39-,40?,41?,42+,43?/m1/s1. The van der Waals surface area contributed by atoms with Gasteiger partial charge in [0, 0.05) is 18.9 Å². The van der Waals surface area contributed by atoms with Crippen LogP contribution in [0.4, 0.5) is 0 Å². The van der Waals surface area contributed by atoms with E-state index in [0.29, 0.717) is 24.3 Å². The fourth-order valence-corrected chi connectivity index (χ4v) is 9.39. The summed E-state index contributed by atoms with van der Waals surface area (Å²) in [7, 11) is -2.21. The van der Waals surface area contributed by atoms with Crippen LogP contribution < -0.4 is 0 Å². The quantitative estimate of drug-likeness (QED) is 0.0725. The molecule has 302 valence electrons. The lowest BCUT2D eigenvalue weighted by atomic mass is 9.84. The molecule has 0 radical (unpaired) electrons. The Morgan fingerprint density at radius 2 is 1.48 bits per heavy atom. The van der Waals surface area contributed by atoms with Gasteiger partial charge in [0.2, 0.25) is 0 Å². The Hall–Kier alpha value is -2.52. The van der Waals surface area contributed by atoms with E-state index in [-0.39, 0.29) is 41.3 Å². The molecule has 4 unspecified atom stereocenters. The number of hydrogen-bond donors (Lipinski definition) is 1. The molecule has 0 bridgehead atoms. The first-order valence-corrected chi connectivity index (χ1v) is 24.2. The fraction of sp³-hybridized carbons (Fsp3) is 0.696. The maximum absolute atomic E-state index is 13.8. The molecular weight excluding hydrogens is 693 g/mol. The summed E-state index contributed by atoms with van der Waals surface area (Å²) in [6, 6.07) is 17.9. The molecule has 4 rings (SSSR count). The van der Waals surface area contributed by atoms with E-state index in [1.165, 1.54) is 32.1 Å². The second-order valence-corrected chi connectivity index (χ2v) is 22.6. The first-order chi connectivity index (χ1) is 25.8. The van der Waals surface area contributed by atoms with Crippen LogP contribution in [0.3, 0.4) is 0 Å². The van der Waals surface area contributed by atoms with Crippen LogP contribution in [0.25, 0.3) is 11.1 Å². The minimum atomic E-state index is -2.21. The van der Waals surface area contributed by atoms with Gasteiger partial charge in [-0.2, -0.15) is 0 Å². The largest absolute Gasteiger partial charge is 0.479 e. The summed E-state index contributed by atoms with van der Waals surface area (Å²) in [5.41, 5.74) is 2.74. The van der Waals surface area contributed by atoms with E-state index in [1.54, 1.807) is 0 Å². The van der Waals surface area contributed by atoms with Crippen molar-refractivity contribution in [2.45, 2.75) is 180 Å². The number of hydrogen-bond acceptors (Lipinski definition) is 6. The summed E-state index contributed by atoms with van der Waals surface area (Å²) in [4.78, 5) is 26.0. The molecule has 2 fully saturated rings. The summed E-state index contributed by atoms with van der Waals surface area (Å²) < 4.78 is 25.6. The zero-order valence-corrected chi connectivity index (χ0v) is 35.7. The summed E-state index contributed by atoms with van der Waals surface area (Å²) in [6.07, 6.45) is 15.0. The van der Waals surface area contributed by atoms with E-state index < -0.39 is 20.4 Å². The van der Waals surface area contributed by atoms with Crippen molar-refractivity contribution in [2.75, 3.05) is 6.61 Å². The average molecular weight is 765 g/mol. The van der Waals surface area contributed by atoms with Gasteiger partial charge in [0.1, 0.15) is 12.2 Å². The Labute approximate surface area is 328 Å². The lowest BCUT2D eigenvalue weighted by molar-refractivity contribution is -0.196. The number of aliphatic carboxylic acids is 1. The number of esters is 1. The highest BCUT2D eigenvalue weighted by Gasteiger charge is 2.46. The molecule has 8 heteroatoms. The van der Waals surface area contributed by atoms with Crippen LogP contribution in [-0.4, -0.2) is 56.6 Å². The maximum atomic E-state index is 13.8. The van der Waals surface area contributed by atoms with Crippen LogP contribution in [0.2, 0.25) is 18.1 Å². The number of unbranched alkanes of at least 4 members (excludes halogenated alkanes) is 4. The molecule has 7 nitrogen and oxygen atoms in total. The van der Waals surface area contributed by atoms with Gasteiger partial charge < -0.3 is 23.7 Å². The maximum Gasteiger partial charge on any atom is 0.338 e. The molecule has 2 aliphatic rings. The third kappa shape index (κ3) is 13.6. The van der Waals surface area contributed by atoms with E-state index in [1.807, 2.05) is 42.5 Å². The lowest BCUT2D eigenvalue weighted by Crippen LogP contribution is -2.46. The smallest absolute Gasteiger partial charge is 0.338 e. The van der Waals surface area contributed by atoms with Gasteiger partial charge in [0.25, 0.3) is 0 Å². The normalized spacial score (nSPS) is 23.2. The van der Waals surface area contributed by atoms with Crippen molar-refractivity contribution in [3.63, 3.8) is 0 Å². The molecule has 2 aromatic rings. The van der Waals surface area contributed by atoms with E-state index in [4.69, 9.17) is 18.6 Å². The van der Waals surface area contributed by atoms with Crippen LogP contribution in [-0.2, 0) is 23.4 Å². The summed E-state index contributed by atoms with van der Waals surface area (Å²) in [5.74, 6) is -0.0193. The van der Waals surface area contributed by atoms with Crippen LogP contribution >= 0.6 is 0 Å². The monoisotopic (exact) mass is 765 g/mol. The Morgan fingerprint density at radius 1 is 0.833 bits per heavy atom. The molecule has 1 heterocycles. The van der Waals surface area contributed by atoms with Crippen molar-refractivity contribution in [1.29, 1.82) is 0 Å². The minimum absolute atomic E-state index is 0.0267. The third-order valence-electron chi connectivity index (χ3n) is 12.5. The van der Waals surface area contributed by atoms with E-state index in [9.17, 15) is 14.7 Å². The Bertz CT molecular complexity index is 1380. The van der Waals surface area contributed by atoms with Gasteiger partial charge in [0.05, 0.1) is 11.7 Å². The van der Waals surface area contributed by atoms with Gasteiger partial charge in [-0.15, -0.1) is 0 Å². The molecule has 1 N–H and O–H groups in total. The number of carboxylic acids is 1. The number of ether oxygens (including phenoxy) is 3. The van der Waals surface area contributed by atoms with Gasteiger partial charge in [0.15, 0.2) is 14.6 Å². The number of carbonyl (C=O) groups excluding carboxylic acids is 1. The second kappa shape index (κ2) is 21.7. The average Bonchev–Trinajstić information content (AvgIpc) is 3.45. The lowest BCUT2D eigenvalue weighted by Gasteiger charge is -2.38. The SMILES string of the molecule is CCCCCC(C)CCC[C@H]1C(OC2CCCCO2)C[C@H](OC(=O)c2ccc(-c3ccccc3)cc2)[C@@H]1CCCCCC(O[Si](C)(C)C(C)(C)C)C(=O)O. The summed E-state index contributed by atoms with van der Waals surface area (Å²) >= 11 is 0. The Kier molecular flexibility index (Phi) is 17.8. The second-order valence-electron chi connectivity index (χ2n) is 17.8. The molecule has 1 aliphatic heterocycles. The van der Waals surface area contributed by atoms with Crippen LogP contribution in [0.5, 0.6) is 0 Å². The fourth-order valence-electron chi connectivity index (χ4n) is 8.11. The van der Waals surface area contributed by atoms with E-state index >= 15 is 0 Å². The number of carbonyl (C=O) groups is 2. The number of carboxylic acid groups (broad SMARTS) is 1. The molecule has 1 aliphatic carbocycles. The first kappa shape index (κ1) is 44.2. The van der Waals surface area contributed by atoms with Gasteiger partial charge in [-0.25, -0.2) is 9.59 Å². The molecular formula is C46H72O7Si. The zero-order valence-electron chi connectivity index (χ0n) is 34.7.